The Morgan fingerprint density at radius 1 is 0.731 bits per heavy atom. The summed E-state index contributed by atoms with van der Waals surface area (Å²) in [6.45, 7) is 1.88. The zero-order valence-corrected chi connectivity index (χ0v) is 27.6. The van der Waals surface area contributed by atoms with Gasteiger partial charge in [0, 0.05) is 12.1 Å². The van der Waals surface area contributed by atoms with Crippen molar-refractivity contribution < 1.29 is 52.9 Å². The van der Waals surface area contributed by atoms with Gasteiger partial charge in [-0.2, -0.15) is 0 Å². The Bertz CT molecular complexity index is 2130. The van der Waals surface area contributed by atoms with E-state index in [1.807, 2.05) is 0 Å². The number of nitrogens with one attached hydrogen (secondary N) is 2. The van der Waals surface area contributed by atoms with Crippen LogP contribution in [0.2, 0.25) is 0 Å². The molecule has 274 valence electrons. The molecule has 0 aliphatic heterocycles. The molecule has 3 N–H and O–H groups in total. The Kier molecular flexibility index (Phi) is 12.2. The number of aliphatic hydroxyl groups excluding tert-OH is 1. The molecular formula is C29H29N9O14. The molecule has 0 saturated heterocycles. The molecule has 0 saturated carbocycles. The van der Waals surface area contributed by atoms with Gasteiger partial charge in [-0.3, -0.25) is 39.9 Å². The topological polar surface area (TPSA) is 313 Å². The molecule has 23 heteroatoms. The van der Waals surface area contributed by atoms with Gasteiger partial charge in [0.25, 0.3) is 5.69 Å². The summed E-state index contributed by atoms with van der Waals surface area (Å²) in [4.78, 5) is 54.9. The number of carbonyl (C=O) groups excluding carboxylic acids is 2. The van der Waals surface area contributed by atoms with Gasteiger partial charge in [-0.15, -0.1) is 0 Å². The molecule has 0 aliphatic carbocycles. The summed E-state index contributed by atoms with van der Waals surface area (Å²) in [5.74, 6) is -0.0976. The van der Waals surface area contributed by atoms with Crippen LogP contribution in [0.4, 0.5) is 28.4 Å². The lowest BCUT2D eigenvalue weighted by Gasteiger charge is -2.18. The fourth-order valence-corrected chi connectivity index (χ4v) is 4.63. The number of aliphatic hydroxyl groups is 1. The van der Waals surface area contributed by atoms with Gasteiger partial charge in [0.05, 0.1) is 71.8 Å². The fourth-order valence-electron chi connectivity index (χ4n) is 4.63. The maximum absolute atomic E-state index is 12.1. The molecular weight excluding hydrogens is 698 g/mol. The SMILES string of the molecule is CC(=O)C(CO)Nc1ccc([N+](=O)[O-])c2nonc12.COc1cc(COCC(Nc2ccc([N+](=O)[O-])c3nonc23)C(C)=O)c([N+](=O)[O-])cc1OC. The summed E-state index contributed by atoms with van der Waals surface area (Å²) in [5, 5.41) is 62.3. The van der Waals surface area contributed by atoms with Crippen molar-refractivity contribution in [2.75, 3.05) is 38.1 Å². The molecule has 2 heterocycles. The van der Waals surface area contributed by atoms with E-state index in [0.29, 0.717) is 5.69 Å². The number of rotatable bonds is 16. The summed E-state index contributed by atoms with van der Waals surface area (Å²) >= 11 is 0. The Morgan fingerprint density at radius 2 is 1.17 bits per heavy atom. The molecule has 2 aromatic heterocycles. The molecule has 5 rings (SSSR count). The Hall–Kier alpha value is -6.88. The molecule has 0 aliphatic rings. The maximum Gasteiger partial charge on any atom is 0.300 e. The highest BCUT2D eigenvalue weighted by Gasteiger charge is 2.25. The number of ketones is 2. The van der Waals surface area contributed by atoms with Gasteiger partial charge in [-0.1, -0.05) is 0 Å². The van der Waals surface area contributed by atoms with Gasteiger partial charge >= 0.3 is 11.4 Å². The Labute approximate surface area is 290 Å². The third-order valence-electron chi connectivity index (χ3n) is 7.33. The number of Topliss-reactive ketones (excluding diaryl/α,β-unsaturated/α-hetero) is 2. The second kappa shape index (κ2) is 16.7. The summed E-state index contributed by atoms with van der Waals surface area (Å²) in [6, 6.07) is 6.14. The van der Waals surface area contributed by atoms with Gasteiger partial charge in [0.15, 0.2) is 34.1 Å². The number of hydrogen-bond donors (Lipinski definition) is 3. The van der Waals surface area contributed by atoms with Crippen molar-refractivity contribution in [2.45, 2.75) is 32.5 Å². The highest BCUT2D eigenvalue weighted by atomic mass is 16.6. The average molecular weight is 728 g/mol. The first kappa shape index (κ1) is 37.9. The van der Waals surface area contributed by atoms with Crippen molar-refractivity contribution in [2.24, 2.45) is 0 Å². The normalized spacial score (nSPS) is 11.9. The third-order valence-corrected chi connectivity index (χ3v) is 7.33. The molecule has 23 nitrogen and oxygen atoms in total. The number of benzene rings is 3. The summed E-state index contributed by atoms with van der Waals surface area (Å²) in [6.07, 6.45) is 0. The summed E-state index contributed by atoms with van der Waals surface area (Å²) in [5.41, 5.74) is 0.167. The molecule has 0 fully saturated rings. The van der Waals surface area contributed by atoms with E-state index >= 15 is 0 Å². The predicted molar refractivity (Wildman–Crippen MR) is 176 cm³/mol. The zero-order chi connectivity index (χ0) is 38.1. The third kappa shape index (κ3) is 8.45. The van der Waals surface area contributed by atoms with Crippen LogP contribution in [0, 0.1) is 30.3 Å². The van der Waals surface area contributed by atoms with Gasteiger partial charge < -0.3 is 30.0 Å². The smallest absolute Gasteiger partial charge is 0.300 e. The zero-order valence-electron chi connectivity index (χ0n) is 27.6. The lowest BCUT2D eigenvalue weighted by molar-refractivity contribution is -0.386. The van der Waals surface area contributed by atoms with Gasteiger partial charge in [-0.05, 0) is 52.7 Å². The standard InChI is InChI=1S/C19H19N5O9.C10H10N4O5/c1-10(25)13(20-12-4-5-14(23(26)27)19-18(12)21-33-22-19)9-32-8-11-6-16(30-2)17(31-3)7-15(11)24(28)29;1-5(16)7(4-15)11-6-2-3-8(14(17)18)10-9(6)12-19-13-10/h4-7,13,20H,8-9H2,1-3H3;2-3,7,11,15H,4H2,1H3. The minimum absolute atomic E-state index is 0.0183. The molecule has 2 unspecified atom stereocenters. The molecule has 52 heavy (non-hydrogen) atoms. The number of fused-ring (bicyclic) bond motifs is 2. The van der Waals surface area contributed by atoms with Crippen molar-refractivity contribution >= 4 is 62.1 Å². The van der Waals surface area contributed by atoms with E-state index in [1.54, 1.807) is 0 Å². The van der Waals surface area contributed by atoms with E-state index in [-0.39, 0.29) is 86.7 Å². The van der Waals surface area contributed by atoms with Crippen molar-refractivity contribution in [3.05, 3.63) is 72.3 Å². The van der Waals surface area contributed by atoms with E-state index in [4.69, 9.17) is 19.3 Å². The highest BCUT2D eigenvalue weighted by Crippen LogP contribution is 2.35. The first-order valence-corrected chi connectivity index (χ1v) is 14.7. The lowest BCUT2D eigenvalue weighted by atomic mass is 10.1. The largest absolute Gasteiger partial charge is 0.493 e. The second-order valence-electron chi connectivity index (χ2n) is 10.6. The van der Waals surface area contributed by atoms with Crippen LogP contribution in [0.3, 0.4) is 0 Å². The Morgan fingerprint density at radius 3 is 1.60 bits per heavy atom. The maximum atomic E-state index is 12.1. The van der Waals surface area contributed by atoms with Crippen LogP contribution < -0.4 is 20.1 Å². The average Bonchev–Trinajstić information content (AvgIpc) is 3.81. The molecule has 0 bridgehead atoms. The molecule has 3 aromatic carbocycles. The van der Waals surface area contributed by atoms with Crippen LogP contribution in [0.15, 0.2) is 45.7 Å². The number of nitrogens with zero attached hydrogens (tertiary/aromatic N) is 7. The molecule has 0 amide bonds. The van der Waals surface area contributed by atoms with Crippen LogP contribution in [0.5, 0.6) is 11.5 Å². The number of non-ortho nitro benzene ring substituents is 2. The van der Waals surface area contributed by atoms with Crippen molar-refractivity contribution in [3.63, 3.8) is 0 Å². The number of carbonyl (C=O) groups is 2. The fraction of sp³-hybridized carbons (Fsp3) is 0.310. The van der Waals surface area contributed by atoms with Crippen LogP contribution in [-0.4, -0.2) is 91.6 Å². The number of nitro benzene ring substituents is 3. The molecule has 5 aromatic rings. The number of nitro groups is 3. The van der Waals surface area contributed by atoms with E-state index in [0.717, 1.165) is 0 Å². The van der Waals surface area contributed by atoms with E-state index in [1.165, 1.54) is 64.5 Å². The quantitative estimate of drug-likeness (QED) is 0.0970. The molecule has 0 spiro atoms. The minimum atomic E-state index is -0.884. The Balaban J connectivity index is 0.000000269. The highest BCUT2D eigenvalue weighted by molar-refractivity contribution is 5.96. The first-order valence-electron chi connectivity index (χ1n) is 14.7. The number of aromatic nitrogens is 4. The summed E-state index contributed by atoms with van der Waals surface area (Å²) < 4.78 is 24.9. The minimum Gasteiger partial charge on any atom is -0.493 e. The van der Waals surface area contributed by atoms with E-state index < -0.39 is 33.5 Å². The second-order valence-corrected chi connectivity index (χ2v) is 10.6. The van der Waals surface area contributed by atoms with Crippen molar-refractivity contribution in [1.82, 2.24) is 20.6 Å². The summed E-state index contributed by atoms with van der Waals surface area (Å²) in [7, 11) is 2.76. The van der Waals surface area contributed by atoms with E-state index in [2.05, 4.69) is 40.5 Å². The monoisotopic (exact) mass is 727 g/mol. The molecule has 2 atom stereocenters. The predicted octanol–water partition coefficient (Wildman–Crippen LogP) is 3.14. The molecule has 0 radical (unpaired) electrons. The van der Waals surface area contributed by atoms with Crippen LogP contribution in [0.25, 0.3) is 22.1 Å². The van der Waals surface area contributed by atoms with Gasteiger partial charge in [0.1, 0.15) is 12.1 Å². The van der Waals surface area contributed by atoms with E-state index in [9.17, 15) is 39.9 Å². The van der Waals surface area contributed by atoms with Gasteiger partial charge in [0.2, 0.25) is 11.0 Å². The van der Waals surface area contributed by atoms with Crippen LogP contribution in [-0.2, 0) is 20.9 Å². The first-order chi connectivity index (χ1) is 24.8. The number of methoxy groups -OCH3 is 2. The van der Waals surface area contributed by atoms with Gasteiger partial charge in [-0.25, -0.2) is 9.26 Å². The number of hydrogen-bond acceptors (Lipinski definition) is 20. The van der Waals surface area contributed by atoms with Crippen LogP contribution in [0.1, 0.15) is 19.4 Å². The van der Waals surface area contributed by atoms with Crippen molar-refractivity contribution in [1.29, 1.82) is 0 Å². The number of anilines is 2. The van der Waals surface area contributed by atoms with Crippen LogP contribution >= 0.6 is 0 Å². The number of ether oxygens (including phenoxy) is 3. The van der Waals surface area contributed by atoms with Crippen molar-refractivity contribution in [3.8, 4) is 11.5 Å². The lowest BCUT2D eigenvalue weighted by Crippen LogP contribution is -2.32.